The molecule has 3 aromatic heterocycles. The van der Waals surface area contributed by atoms with Crippen molar-refractivity contribution in [3.05, 3.63) is 223 Å². The third-order valence-corrected chi connectivity index (χ3v) is 15.8. The molecule has 3 heterocycles. The fourth-order valence-corrected chi connectivity index (χ4v) is 11.7. The molecule has 0 spiro atoms. The molecule has 12 aromatic rings. The molecule has 0 amide bonds. The van der Waals surface area contributed by atoms with Crippen molar-refractivity contribution in [1.29, 1.82) is 0 Å². The molecule has 13 rings (SSSR count). The molecular weight excluding hydrogens is 851 g/mol. The van der Waals surface area contributed by atoms with Crippen LogP contribution in [-0.4, -0.2) is 24.1 Å². The van der Waals surface area contributed by atoms with Crippen molar-refractivity contribution in [2.75, 3.05) is 0 Å². The third-order valence-electron chi connectivity index (χ3n) is 15.8. The number of hydrogen-bond donors (Lipinski definition) is 0. The molecule has 70 heavy (non-hydrogen) atoms. The van der Waals surface area contributed by atoms with Gasteiger partial charge in [0.1, 0.15) is 0 Å². The lowest BCUT2D eigenvalue weighted by atomic mass is 9.71. The summed E-state index contributed by atoms with van der Waals surface area (Å²) >= 11 is 0. The van der Waals surface area contributed by atoms with Crippen molar-refractivity contribution in [2.24, 2.45) is 5.92 Å². The number of hydrogen-bond acceptors (Lipinski definition) is 3. The average molecular weight is 902 g/mol. The van der Waals surface area contributed by atoms with Crippen molar-refractivity contribution in [3.8, 4) is 67.8 Å². The van der Waals surface area contributed by atoms with Crippen molar-refractivity contribution >= 4 is 43.6 Å². The van der Waals surface area contributed by atoms with Crippen molar-refractivity contribution in [1.82, 2.24) is 24.1 Å². The highest BCUT2D eigenvalue weighted by atomic mass is 15.2. The topological polar surface area (TPSA) is 48.5 Å². The van der Waals surface area contributed by atoms with Gasteiger partial charge in [-0.15, -0.1) is 0 Å². The van der Waals surface area contributed by atoms with Gasteiger partial charge in [-0.1, -0.05) is 223 Å². The number of aromatic nitrogens is 5. The highest BCUT2D eigenvalue weighted by Crippen LogP contribution is 2.54. The van der Waals surface area contributed by atoms with Gasteiger partial charge in [0, 0.05) is 38.4 Å². The second kappa shape index (κ2) is 15.8. The summed E-state index contributed by atoms with van der Waals surface area (Å²) in [6, 6.07) is 76.3. The van der Waals surface area contributed by atoms with Gasteiger partial charge in [-0.2, -0.15) is 9.97 Å². The van der Waals surface area contributed by atoms with Crippen molar-refractivity contribution < 1.29 is 0 Å². The van der Waals surface area contributed by atoms with Crippen molar-refractivity contribution in [2.45, 2.75) is 45.4 Å². The van der Waals surface area contributed by atoms with Crippen LogP contribution in [0.5, 0.6) is 0 Å². The predicted molar refractivity (Wildman–Crippen MR) is 291 cm³/mol. The lowest BCUT2D eigenvalue weighted by Crippen LogP contribution is -2.30. The molecule has 1 aliphatic rings. The fraction of sp³-hybridized carbons (Fsp3) is 0.123. The maximum Gasteiger partial charge on any atom is 0.238 e. The average Bonchev–Trinajstić information content (AvgIpc) is 3.98. The molecule has 1 aliphatic carbocycles. The zero-order valence-corrected chi connectivity index (χ0v) is 40.0. The highest BCUT2D eigenvalue weighted by molar-refractivity contribution is 6.23. The predicted octanol–water partition coefficient (Wildman–Crippen LogP) is 16.6. The molecule has 1 atom stereocenters. The first-order chi connectivity index (χ1) is 34.1. The molecular formula is C65H51N5. The number of rotatable bonds is 7. The standard InChI is InChI=1S/C65H51N5/c1-41-64(2,3)55-39-34-47(40-56(55)65(41,4)5)44-30-28-42(29-31-44)43-32-35-48(36-33-43)69-57-26-16-14-23-50(57)52-37-38-53-51-24-15-17-27-58(51)70(60(53)59(52)69)63-67-61(46-20-10-7-11-21-46)66-62(68-63)54-25-13-12-22-49(54)45-18-8-6-9-19-45/h6-41H,1-5H3. The quantitative estimate of drug-likeness (QED) is 0.160. The Morgan fingerprint density at radius 2 is 0.829 bits per heavy atom. The maximum atomic E-state index is 5.45. The Morgan fingerprint density at radius 3 is 1.47 bits per heavy atom. The van der Waals surface area contributed by atoms with Gasteiger partial charge in [0.25, 0.3) is 0 Å². The molecule has 0 bridgehead atoms. The van der Waals surface area contributed by atoms with Crippen LogP contribution in [0.1, 0.15) is 45.7 Å². The summed E-state index contributed by atoms with van der Waals surface area (Å²) in [6.07, 6.45) is 0. The minimum Gasteiger partial charge on any atom is -0.307 e. The van der Waals surface area contributed by atoms with Crippen LogP contribution in [0.4, 0.5) is 0 Å². The van der Waals surface area contributed by atoms with E-state index in [0.717, 1.165) is 66.2 Å². The first kappa shape index (κ1) is 41.8. The number of fused-ring (bicyclic) bond motifs is 8. The van der Waals surface area contributed by atoms with Crippen LogP contribution in [-0.2, 0) is 10.8 Å². The van der Waals surface area contributed by atoms with E-state index in [9.17, 15) is 0 Å². The van der Waals surface area contributed by atoms with Gasteiger partial charge in [0.2, 0.25) is 5.95 Å². The van der Waals surface area contributed by atoms with Crippen LogP contribution in [0, 0.1) is 5.92 Å². The summed E-state index contributed by atoms with van der Waals surface area (Å²) in [5.74, 6) is 2.34. The van der Waals surface area contributed by atoms with E-state index in [2.05, 4.69) is 232 Å². The summed E-state index contributed by atoms with van der Waals surface area (Å²) < 4.78 is 4.70. The first-order valence-electron chi connectivity index (χ1n) is 24.4. The zero-order chi connectivity index (χ0) is 47.3. The molecule has 0 N–H and O–H groups in total. The van der Waals surface area contributed by atoms with Gasteiger partial charge in [-0.25, -0.2) is 4.98 Å². The summed E-state index contributed by atoms with van der Waals surface area (Å²) in [7, 11) is 0. The maximum absolute atomic E-state index is 5.45. The second-order valence-electron chi connectivity index (χ2n) is 20.2. The van der Waals surface area contributed by atoms with Crippen molar-refractivity contribution in [3.63, 3.8) is 0 Å². The lowest BCUT2D eigenvalue weighted by molar-refractivity contribution is 0.264. The van der Waals surface area contributed by atoms with E-state index in [1.54, 1.807) is 0 Å². The molecule has 1 unspecified atom stereocenters. The molecule has 0 fully saturated rings. The van der Waals surface area contributed by atoms with E-state index in [-0.39, 0.29) is 10.8 Å². The summed E-state index contributed by atoms with van der Waals surface area (Å²) in [5, 5.41) is 4.60. The van der Waals surface area contributed by atoms with E-state index < -0.39 is 0 Å². The van der Waals surface area contributed by atoms with Gasteiger partial charge in [-0.05, 0) is 85.5 Å². The smallest absolute Gasteiger partial charge is 0.238 e. The largest absolute Gasteiger partial charge is 0.307 e. The van der Waals surface area contributed by atoms with Crippen LogP contribution in [0.2, 0.25) is 0 Å². The Kier molecular flexibility index (Phi) is 9.44. The Balaban J connectivity index is 0.979. The normalized spacial score (nSPS) is 15.0. The minimum absolute atomic E-state index is 0.118. The van der Waals surface area contributed by atoms with Crippen LogP contribution in [0.15, 0.2) is 212 Å². The SMILES string of the molecule is CC1C(C)(C)c2ccc(-c3ccc(-c4ccc(-n5c6ccccc6c6ccc7c8ccccc8n(-c8nc(-c9ccccc9)nc(-c9ccccc9-c9ccccc9)n8)c7c65)cc4)cc3)cc2C1(C)C. The summed E-state index contributed by atoms with van der Waals surface area (Å²) in [4.78, 5) is 16.1. The Hall–Kier alpha value is -8.41. The van der Waals surface area contributed by atoms with Crippen LogP contribution in [0.25, 0.3) is 111 Å². The molecule has 9 aromatic carbocycles. The van der Waals surface area contributed by atoms with Gasteiger partial charge in [0.05, 0.1) is 22.1 Å². The van der Waals surface area contributed by atoms with E-state index in [1.165, 1.54) is 38.8 Å². The first-order valence-corrected chi connectivity index (χ1v) is 24.4. The van der Waals surface area contributed by atoms with E-state index >= 15 is 0 Å². The fourth-order valence-electron chi connectivity index (χ4n) is 11.7. The van der Waals surface area contributed by atoms with Gasteiger partial charge in [0.15, 0.2) is 11.6 Å². The lowest BCUT2D eigenvalue weighted by Gasteiger charge is -2.32. The van der Waals surface area contributed by atoms with Gasteiger partial charge >= 0.3 is 0 Å². The van der Waals surface area contributed by atoms with Crippen LogP contribution < -0.4 is 0 Å². The molecule has 0 saturated heterocycles. The highest BCUT2D eigenvalue weighted by Gasteiger charge is 2.48. The second-order valence-corrected chi connectivity index (χ2v) is 20.2. The van der Waals surface area contributed by atoms with Crippen LogP contribution in [0.3, 0.4) is 0 Å². The molecule has 5 heteroatoms. The zero-order valence-electron chi connectivity index (χ0n) is 40.0. The molecule has 5 nitrogen and oxygen atoms in total. The molecule has 0 radical (unpaired) electrons. The molecule has 336 valence electrons. The van der Waals surface area contributed by atoms with E-state index in [0.29, 0.717) is 23.5 Å². The van der Waals surface area contributed by atoms with E-state index in [1.807, 2.05) is 24.3 Å². The van der Waals surface area contributed by atoms with Gasteiger partial charge in [-0.3, -0.25) is 4.57 Å². The minimum atomic E-state index is 0.118. The summed E-state index contributed by atoms with van der Waals surface area (Å²) in [5.41, 5.74) is 17.5. The Bertz CT molecular complexity index is 3990. The van der Waals surface area contributed by atoms with E-state index in [4.69, 9.17) is 15.0 Å². The number of benzene rings is 9. The Labute approximate surface area is 408 Å². The number of nitrogens with zero attached hydrogens (tertiary/aromatic N) is 5. The third kappa shape index (κ3) is 6.41. The van der Waals surface area contributed by atoms with Gasteiger partial charge < -0.3 is 4.57 Å². The number of para-hydroxylation sites is 2. The molecule has 0 aliphatic heterocycles. The summed E-state index contributed by atoms with van der Waals surface area (Å²) in [6.45, 7) is 12.0. The molecule has 0 saturated carbocycles. The Morgan fingerprint density at radius 1 is 0.357 bits per heavy atom. The monoisotopic (exact) mass is 901 g/mol. The van der Waals surface area contributed by atoms with Crippen LogP contribution >= 0.6 is 0 Å².